The van der Waals surface area contributed by atoms with Crippen LogP contribution in [0.2, 0.25) is 8.87 Å². The molecule has 0 saturated carbocycles. The molecular formula is C16H8F26Sn. The summed E-state index contributed by atoms with van der Waals surface area (Å²) in [4.78, 5) is 0. The van der Waals surface area contributed by atoms with E-state index in [4.69, 9.17) is 0 Å². The van der Waals surface area contributed by atoms with Gasteiger partial charge in [-0.15, -0.1) is 0 Å². The first-order chi connectivity index (χ1) is 18.2. The Bertz CT molecular complexity index is 877. The van der Waals surface area contributed by atoms with Crippen LogP contribution in [0.1, 0.15) is 12.8 Å². The van der Waals surface area contributed by atoms with Gasteiger partial charge in [-0.1, -0.05) is 0 Å². The second kappa shape index (κ2) is 11.3. The van der Waals surface area contributed by atoms with Crippen molar-refractivity contribution in [2.24, 2.45) is 0 Å². The Kier molecular flexibility index (Phi) is 11.1. The maximum absolute atomic E-state index is 13.6. The van der Waals surface area contributed by atoms with E-state index in [0.717, 1.165) is 0 Å². The van der Waals surface area contributed by atoms with Gasteiger partial charge in [-0.25, -0.2) is 0 Å². The first-order valence-corrected chi connectivity index (χ1v) is 13.9. The van der Waals surface area contributed by atoms with E-state index in [1.807, 2.05) is 0 Å². The van der Waals surface area contributed by atoms with Gasteiger partial charge in [0.1, 0.15) is 0 Å². The van der Waals surface area contributed by atoms with E-state index in [1.54, 1.807) is 0 Å². The minimum absolute atomic E-state index is 1.91. The molecule has 27 heteroatoms. The molecule has 43 heavy (non-hydrogen) atoms. The SMILES string of the molecule is FC(F)(F)C(F)(F)C(F)(F)C(F)(F)C(F)(F)C(F)(F)C[CH2][Sn][CH2]CC(F)(F)C(F)(F)C(F)(F)C(F)(F)C(F)(F)C(F)(F)F. The predicted octanol–water partition coefficient (Wildman–Crippen LogP) is 9.79. The molecule has 0 heterocycles. The normalized spacial score (nSPS) is 16.6. The molecule has 258 valence electrons. The van der Waals surface area contributed by atoms with Crippen molar-refractivity contribution in [3.8, 4) is 0 Å². The van der Waals surface area contributed by atoms with Crippen LogP contribution in [0.3, 0.4) is 0 Å². The van der Waals surface area contributed by atoms with Crippen LogP contribution in [0.4, 0.5) is 114 Å². The van der Waals surface area contributed by atoms with Crippen LogP contribution in [0.25, 0.3) is 0 Å². The van der Waals surface area contributed by atoms with Crippen LogP contribution in [-0.4, -0.2) is 92.7 Å². The van der Waals surface area contributed by atoms with Gasteiger partial charge in [0.15, 0.2) is 0 Å². The van der Waals surface area contributed by atoms with Crippen molar-refractivity contribution in [2.45, 2.75) is 93.3 Å². The number of rotatable bonds is 14. The maximum atomic E-state index is 13.6. The van der Waals surface area contributed by atoms with E-state index in [9.17, 15) is 114 Å². The Morgan fingerprint density at radius 2 is 0.442 bits per heavy atom. The summed E-state index contributed by atoms with van der Waals surface area (Å²) >= 11 is -3.59. The van der Waals surface area contributed by atoms with Crippen molar-refractivity contribution in [3.63, 3.8) is 0 Å². The second-order valence-electron chi connectivity index (χ2n) is 8.25. The molecular weight excluding hydrogens is 805 g/mol. The Hall–Kier alpha value is -1.02. The molecule has 0 unspecified atom stereocenters. The molecule has 0 aromatic carbocycles. The van der Waals surface area contributed by atoms with Crippen LogP contribution in [0, 0.1) is 0 Å². The summed E-state index contributed by atoms with van der Waals surface area (Å²) in [6.45, 7) is 0. The van der Waals surface area contributed by atoms with Crippen LogP contribution >= 0.6 is 0 Å². The number of hydrogen-bond donors (Lipinski definition) is 0. The third-order valence-electron chi connectivity index (χ3n) is 5.23. The van der Waals surface area contributed by atoms with Crippen molar-refractivity contribution >= 4 is 21.1 Å². The van der Waals surface area contributed by atoms with Gasteiger partial charge in [0.2, 0.25) is 0 Å². The van der Waals surface area contributed by atoms with Gasteiger partial charge >= 0.3 is 229 Å². The fourth-order valence-corrected chi connectivity index (χ4v) is 6.05. The summed E-state index contributed by atoms with van der Waals surface area (Å²) in [7, 11) is 0. The number of halogens is 26. The summed E-state index contributed by atoms with van der Waals surface area (Å²) in [6, 6.07) is 0. The van der Waals surface area contributed by atoms with Gasteiger partial charge in [0.05, 0.1) is 0 Å². The zero-order valence-electron chi connectivity index (χ0n) is 19.2. The molecule has 0 atom stereocenters. The Morgan fingerprint density at radius 3 is 0.628 bits per heavy atom. The van der Waals surface area contributed by atoms with Gasteiger partial charge < -0.3 is 0 Å². The standard InChI is InChI=1S/2C8H4F13.Sn/c2*1-2-3(9,10)4(11,12)5(13,14)6(15,16)7(17,18)8(19,20)21;/h2*1-2H2;. The monoisotopic (exact) mass is 814 g/mol. The van der Waals surface area contributed by atoms with Crippen molar-refractivity contribution < 1.29 is 114 Å². The Balaban J connectivity index is 5.82. The van der Waals surface area contributed by atoms with Gasteiger partial charge in [0, 0.05) is 0 Å². The van der Waals surface area contributed by atoms with Gasteiger partial charge in [-0.2, -0.15) is 0 Å². The molecule has 0 aromatic rings. The van der Waals surface area contributed by atoms with Crippen LogP contribution in [-0.2, 0) is 0 Å². The second-order valence-corrected chi connectivity index (χ2v) is 12.5. The molecule has 0 rings (SSSR count). The van der Waals surface area contributed by atoms with Crippen molar-refractivity contribution in [1.82, 2.24) is 0 Å². The zero-order valence-corrected chi connectivity index (χ0v) is 22.0. The molecule has 0 fully saturated rings. The van der Waals surface area contributed by atoms with E-state index < -0.39 is 114 Å². The van der Waals surface area contributed by atoms with Crippen molar-refractivity contribution in [3.05, 3.63) is 0 Å². The average molecular weight is 813 g/mol. The summed E-state index contributed by atoms with van der Waals surface area (Å²) in [5.41, 5.74) is 0. The molecule has 0 amide bonds. The number of alkyl halides is 26. The molecule has 0 saturated heterocycles. The van der Waals surface area contributed by atoms with Gasteiger partial charge in [0.25, 0.3) is 0 Å². The van der Waals surface area contributed by atoms with Gasteiger partial charge in [-0.05, 0) is 0 Å². The quantitative estimate of drug-likeness (QED) is 0.0932. The first-order valence-electron chi connectivity index (χ1n) is 9.83. The third kappa shape index (κ3) is 6.36. The topological polar surface area (TPSA) is 0 Å². The fourth-order valence-electron chi connectivity index (χ4n) is 2.53. The molecule has 0 N–H and O–H groups in total. The molecule has 0 aliphatic carbocycles. The Labute approximate surface area is 229 Å². The number of hydrogen-bond acceptors (Lipinski definition) is 0. The Morgan fingerprint density at radius 1 is 0.256 bits per heavy atom. The van der Waals surface area contributed by atoms with E-state index in [1.165, 1.54) is 0 Å². The molecule has 0 aliphatic heterocycles. The summed E-state index contributed by atoms with van der Waals surface area (Å²) in [6.07, 6.45) is -21.4. The van der Waals surface area contributed by atoms with Crippen LogP contribution in [0.15, 0.2) is 0 Å². The molecule has 0 aromatic heterocycles. The third-order valence-corrected chi connectivity index (χ3v) is 8.67. The molecule has 0 nitrogen and oxygen atoms in total. The van der Waals surface area contributed by atoms with Crippen molar-refractivity contribution in [1.29, 1.82) is 0 Å². The summed E-state index contributed by atoms with van der Waals surface area (Å²) in [5, 5.41) is 0. The summed E-state index contributed by atoms with van der Waals surface area (Å²) in [5.74, 6) is -78.2. The minimum atomic E-state index is -8.28. The van der Waals surface area contributed by atoms with Gasteiger partial charge in [-0.3, -0.25) is 0 Å². The molecule has 0 spiro atoms. The average Bonchev–Trinajstić information content (AvgIpc) is 2.75. The molecule has 2 radical (unpaired) electrons. The zero-order chi connectivity index (χ0) is 35.5. The van der Waals surface area contributed by atoms with E-state index >= 15 is 0 Å². The summed E-state index contributed by atoms with van der Waals surface area (Å²) < 4.78 is 333. The first kappa shape index (κ1) is 42.0. The van der Waals surface area contributed by atoms with E-state index in [-0.39, 0.29) is 0 Å². The fraction of sp³-hybridized carbons (Fsp3) is 1.00. The van der Waals surface area contributed by atoms with Crippen LogP contribution in [0.5, 0.6) is 0 Å². The van der Waals surface area contributed by atoms with Crippen molar-refractivity contribution in [2.75, 3.05) is 0 Å². The van der Waals surface area contributed by atoms with E-state index in [0.29, 0.717) is 0 Å². The molecule has 0 aliphatic rings. The predicted molar refractivity (Wildman–Crippen MR) is 86.2 cm³/mol. The van der Waals surface area contributed by atoms with E-state index in [2.05, 4.69) is 0 Å². The van der Waals surface area contributed by atoms with Crippen LogP contribution < -0.4 is 0 Å². The molecule has 0 bridgehead atoms.